The number of aromatic nitrogens is 2. The summed E-state index contributed by atoms with van der Waals surface area (Å²) in [5.74, 6) is 0. The van der Waals surface area contributed by atoms with Crippen LogP contribution in [0.25, 0.3) is 0 Å². The van der Waals surface area contributed by atoms with Crippen molar-refractivity contribution in [1.29, 1.82) is 0 Å². The van der Waals surface area contributed by atoms with Gasteiger partial charge in [-0.2, -0.15) is 0 Å². The zero-order valence-corrected chi connectivity index (χ0v) is 17.2. The van der Waals surface area contributed by atoms with E-state index in [9.17, 15) is 14.7 Å². The molecule has 0 aliphatic carbocycles. The van der Waals surface area contributed by atoms with Crippen LogP contribution in [0.2, 0.25) is 0 Å². The fourth-order valence-electron chi connectivity index (χ4n) is 4.07. The summed E-state index contributed by atoms with van der Waals surface area (Å²) >= 11 is 0. The second-order valence-corrected chi connectivity index (χ2v) is 8.06. The first-order chi connectivity index (χ1) is 14.5. The third kappa shape index (κ3) is 4.84. The topological polar surface area (TPSA) is 121 Å². The summed E-state index contributed by atoms with van der Waals surface area (Å²) in [6.07, 6.45) is 2.63. The third-order valence-corrected chi connectivity index (χ3v) is 5.76. The molecule has 4 rings (SSSR count). The fourth-order valence-corrected chi connectivity index (χ4v) is 4.07. The molecule has 0 spiro atoms. The van der Waals surface area contributed by atoms with Crippen molar-refractivity contribution in [2.45, 2.75) is 82.6 Å². The molecule has 2 unspecified atom stereocenters. The SMILES string of the molecule is Cc1cn([C@@H]2O[C@H](COC3CCCCO3)[C@H](OC3CCCCO3)[C@@H]2O)c(=O)[nH]c1=O. The summed E-state index contributed by atoms with van der Waals surface area (Å²) < 4.78 is 30.4. The number of nitrogens with one attached hydrogen (secondary N) is 1. The van der Waals surface area contributed by atoms with Gasteiger partial charge in [-0.3, -0.25) is 14.3 Å². The summed E-state index contributed by atoms with van der Waals surface area (Å²) in [5.41, 5.74) is -0.783. The van der Waals surface area contributed by atoms with Crippen LogP contribution in [-0.2, 0) is 23.7 Å². The Hall–Kier alpha value is -1.56. The van der Waals surface area contributed by atoms with Crippen molar-refractivity contribution >= 4 is 0 Å². The van der Waals surface area contributed by atoms with Gasteiger partial charge in [0.2, 0.25) is 0 Å². The molecule has 4 heterocycles. The van der Waals surface area contributed by atoms with Crippen molar-refractivity contribution in [1.82, 2.24) is 9.55 Å². The van der Waals surface area contributed by atoms with E-state index in [2.05, 4.69) is 4.98 Å². The highest BCUT2D eigenvalue weighted by molar-refractivity contribution is 5.03. The van der Waals surface area contributed by atoms with E-state index in [0.29, 0.717) is 18.8 Å². The van der Waals surface area contributed by atoms with E-state index in [1.165, 1.54) is 10.8 Å². The molecule has 3 aliphatic rings. The first-order valence-corrected chi connectivity index (χ1v) is 10.7. The first kappa shape index (κ1) is 21.7. The molecule has 1 aromatic rings. The molecule has 3 saturated heterocycles. The van der Waals surface area contributed by atoms with Gasteiger partial charge in [0.1, 0.15) is 18.3 Å². The maximum Gasteiger partial charge on any atom is 0.330 e. The summed E-state index contributed by atoms with van der Waals surface area (Å²) in [4.78, 5) is 26.3. The molecule has 30 heavy (non-hydrogen) atoms. The van der Waals surface area contributed by atoms with Gasteiger partial charge in [0, 0.05) is 25.0 Å². The van der Waals surface area contributed by atoms with Gasteiger partial charge in [0.05, 0.1) is 6.61 Å². The summed E-state index contributed by atoms with van der Waals surface area (Å²) in [6.45, 7) is 2.99. The molecule has 3 aliphatic heterocycles. The molecule has 0 aromatic carbocycles. The number of ether oxygens (including phenoxy) is 5. The third-order valence-electron chi connectivity index (χ3n) is 5.76. The minimum absolute atomic E-state index is 0.146. The Kier molecular flexibility index (Phi) is 7.01. The van der Waals surface area contributed by atoms with Crippen molar-refractivity contribution in [3.63, 3.8) is 0 Å². The highest BCUT2D eigenvalue weighted by Crippen LogP contribution is 2.33. The average Bonchev–Trinajstić information content (AvgIpc) is 3.06. The van der Waals surface area contributed by atoms with Crippen LogP contribution >= 0.6 is 0 Å². The van der Waals surface area contributed by atoms with Crippen LogP contribution in [-0.4, -0.2) is 65.4 Å². The van der Waals surface area contributed by atoms with E-state index in [-0.39, 0.29) is 12.9 Å². The number of hydrogen-bond donors (Lipinski definition) is 2. The normalized spacial score (nSPS) is 34.9. The molecular formula is C20H30N2O8. The van der Waals surface area contributed by atoms with Crippen molar-refractivity contribution in [2.75, 3.05) is 19.8 Å². The van der Waals surface area contributed by atoms with Gasteiger partial charge in [0.25, 0.3) is 5.56 Å². The molecule has 0 radical (unpaired) electrons. The molecule has 168 valence electrons. The number of aliphatic hydroxyl groups is 1. The van der Waals surface area contributed by atoms with E-state index in [1.54, 1.807) is 6.92 Å². The van der Waals surface area contributed by atoms with Crippen LogP contribution in [0.1, 0.15) is 50.3 Å². The minimum Gasteiger partial charge on any atom is -0.386 e. The standard InChI is InChI=1S/C20H30N2O8/c1-12-10-22(20(25)21-18(12)24)19-16(23)17(30-15-7-3-5-9-27-15)13(29-19)11-28-14-6-2-4-8-26-14/h10,13-17,19,23H,2-9,11H2,1H3,(H,21,24,25)/t13-,14?,15?,16+,17+,19-/m1/s1. The van der Waals surface area contributed by atoms with Crippen LogP contribution in [0, 0.1) is 6.92 Å². The lowest BCUT2D eigenvalue weighted by Crippen LogP contribution is -2.42. The average molecular weight is 426 g/mol. The van der Waals surface area contributed by atoms with E-state index < -0.39 is 42.1 Å². The molecule has 1 aromatic heterocycles. The van der Waals surface area contributed by atoms with Crippen LogP contribution in [0.4, 0.5) is 0 Å². The maximum absolute atomic E-state index is 12.3. The highest BCUT2D eigenvalue weighted by atomic mass is 16.7. The van der Waals surface area contributed by atoms with Crippen LogP contribution in [0.5, 0.6) is 0 Å². The van der Waals surface area contributed by atoms with E-state index in [1.807, 2.05) is 0 Å². The summed E-state index contributed by atoms with van der Waals surface area (Å²) in [5, 5.41) is 11.0. The second-order valence-electron chi connectivity index (χ2n) is 8.06. The molecule has 0 bridgehead atoms. The number of rotatable bonds is 6. The molecule has 10 nitrogen and oxygen atoms in total. The Labute approximate surface area is 174 Å². The Balaban J connectivity index is 1.51. The smallest absolute Gasteiger partial charge is 0.330 e. The lowest BCUT2D eigenvalue weighted by atomic mass is 10.1. The van der Waals surface area contributed by atoms with E-state index in [4.69, 9.17) is 23.7 Å². The van der Waals surface area contributed by atoms with Gasteiger partial charge in [-0.15, -0.1) is 0 Å². The van der Waals surface area contributed by atoms with Gasteiger partial charge in [-0.1, -0.05) is 0 Å². The zero-order chi connectivity index (χ0) is 21.1. The van der Waals surface area contributed by atoms with Crippen molar-refractivity contribution < 1.29 is 28.8 Å². The summed E-state index contributed by atoms with van der Waals surface area (Å²) in [6, 6.07) is 0. The van der Waals surface area contributed by atoms with E-state index >= 15 is 0 Å². The molecule has 6 atom stereocenters. The largest absolute Gasteiger partial charge is 0.386 e. The number of aryl methyl sites for hydroxylation is 1. The highest BCUT2D eigenvalue weighted by Gasteiger charge is 2.47. The summed E-state index contributed by atoms with van der Waals surface area (Å²) in [7, 11) is 0. The molecule has 0 saturated carbocycles. The van der Waals surface area contributed by atoms with Gasteiger partial charge in [-0.05, 0) is 45.4 Å². The molecule has 0 amide bonds. The predicted octanol–water partition coefficient (Wildman–Crippen LogP) is 0.558. The molecule has 3 fully saturated rings. The van der Waals surface area contributed by atoms with Gasteiger partial charge < -0.3 is 28.8 Å². The van der Waals surface area contributed by atoms with Crippen molar-refractivity contribution in [2.24, 2.45) is 0 Å². The van der Waals surface area contributed by atoms with Gasteiger partial charge in [0.15, 0.2) is 18.8 Å². The molecule has 10 heteroatoms. The van der Waals surface area contributed by atoms with Crippen molar-refractivity contribution in [3.05, 3.63) is 32.6 Å². The zero-order valence-electron chi connectivity index (χ0n) is 17.2. The van der Waals surface area contributed by atoms with Crippen molar-refractivity contribution in [3.8, 4) is 0 Å². The number of H-pyrrole nitrogens is 1. The Morgan fingerprint density at radius 2 is 1.83 bits per heavy atom. The molecule has 2 N–H and O–H groups in total. The Morgan fingerprint density at radius 3 is 2.50 bits per heavy atom. The Morgan fingerprint density at radius 1 is 1.13 bits per heavy atom. The van der Waals surface area contributed by atoms with Gasteiger partial charge >= 0.3 is 5.69 Å². The van der Waals surface area contributed by atoms with Gasteiger partial charge in [-0.25, -0.2) is 4.79 Å². The quantitative estimate of drug-likeness (QED) is 0.677. The van der Waals surface area contributed by atoms with Crippen LogP contribution in [0.15, 0.2) is 15.8 Å². The fraction of sp³-hybridized carbons (Fsp3) is 0.800. The Bertz CT molecular complexity index is 812. The predicted molar refractivity (Wildman–Crippen MR) is 104 cm³/mol. The number of nitrogens with zero attached hydrogens (tertiary/aromatic N) is 1. The first-order valence-electron chi connectivity index (χ1n) is 10.7. The number of hydrogen-bond acceptors (Lipinski definition) is 8. The lowest BCUT2D eigenvalue weighted by Gasteiger charge is -2.30. The second kappa shape index (κ2) is 9.71. The lowest BCUT2D eigenvalue weighted by molar-refractivity contribution is -0.223. The van der Waals surface area contributed by atoms with E-state index in [0.717, 1.165) is 38.5 Å². The minimum atomic E-state index is -1.14. The maximum atomic E-state index is 12.3. The number of aliphatic hydroxyl groups excluding tert-OH is 1. The van der Waals surface area contributed by atoms with Crippen LogP contribution in [0.3, 0.4) is 0 Å². The number of aromatic amines is 1. The monoisotopic (exact) mass is 426 g/mol. The molecular weight excluding hydrogens is 396 g/mol. The van der Waals surface area contributed by atoms with Crippen LogP contribution < -0.4 is 11.2 Å².